The second-order valence-corrected chi connectivity index (χ2v) is 9.69. The van der Waals surface area contributed by atoms with Gasteiger partial charge in [-0.3, -0.25) is 9.36 Å². The van der Waals surface area contributed by atoms with Crippen LogP contribution in [0.3, 0.4) is 0 Å². The highest BCUT2D eigenvalue weighted by molar-refractivity contribution is 5.89. The van der Waals surface area contributed by atoms with Crippen LogP contribution in [-0.2, 0) is 17.7 Å². The van der Waals surface area contributed by atoms with E-state index < -0.39 is 23.8 Å². The number of benzene rings is 1. The molecule has 3 aliphatic rings. The SMILES string of the molecule is CCNC(=O)Nc1ccc(CCN2c3nc(N4C[C@@H]5C[C@H]4CO5)cc(=O)n3CC2(C)C(F)(F)F)cc1. The number of hydrogen-bond acceptors (Lipinski definition) is 6. The number of fused-ring (bicyclic) bond motifs is 3. The maximum atomic E-state index is 14.3. The van der Waals surface area contributed by atoms with Crippen LogP contribution in [0.5, 0.6) is 0 Å². The Bertz CT molecular complexity index is 1200. The molecule has 3 aliphatic heterocycles. The molecule has 12 heteroatoms. The van der Waals surface area contributed by atoms with Gasteiger partial charge in [-0.15, -0.1) is 0 Å². The standard InChI is InChI=1S/C24H29F3N6O3/c1-3-28-21(35)29-16-6-4-15(5-7-16)8-9-33-22-30-19(31-12-18-10-17(31)13-36-18)11-20(34)32(22)14-23(33,2)24(25,26)27/h4-7,11,17-18H,3,8-10,12-14H2,1-2H3,(H2,28,29,35)/t17-,18-,23?/m0/s1. The van der Waals surface area contributed by atoms with Gasteiger partial charge in [-0.25, -0.2) is 4.79 Å². The van der Waals surface area contributed by atoms with Crippen LogP contribution in [0.15, 0.2) is 35.1 Å². The van der Waals surface area contributed by atoms with Gasteiger partial charge in [0.15, 0.2) is 5.54 Å². The number of nitrogens with zero attached hydrogens (tertiary/aromatic N) is 4. The van der Waals surface area contributed by atoms with Gasteiger partial charge in [-0.1, -0.05) is 12.1 Å². The Kier molecular flexibility index (Phi) is 6.09. The van der Waals surface area contributed by atoms with Crippen molar-refractivity contribution >= 4 is 23.5 Å². The lowest BCUT2D eigenvalue weighted by molar-refractivity contribution is -0.182. The fraction of sp³-hybridized carbons (Fsp3) is 0.542. The normalized spacial score (nSPS) is 24.8. The number of urea groups is 1. The van der Waals surface area contributed by atoms with Crippen LogP contribution in [0, 0.1) is 0 Å². The van der Waals surface area contributed by atoms with Crippen LogP contribution < -0.4 is 26.0 Å². The third-order valence-corrected chi connectivity index (χ3v) is 7.26. The number of carbonyl (C=O) groups is 1. The van der Waals surface area contributed by atoms with Gasteiger partial charge in [0.25, 0.3) is 5.56 Å². The van der Waals surface area contributed by atoms with E-state index in [0.29, 0.717) is 37.6 Å². The second kappa shape index (κ2) is 8.99. The van der Waals surface area contributed by atoms with Gasteiger partial charge in [0, 0.05) is 31.4 Å². The molecular weight excluding hydrogens is 477 g/mol. The van der Waals surface area contributed by atoms with Crippen LogP contribution in [-0.4, -0.2) is 65.7 Å². The number of aromatic nitrogens is 2. The van der Waals surface area contributed by atoms with Gasteiger partial charge in [-0.05, 0) is 44.4 Å². The minimum atomic E-state index is -4.58. The minimum absolute atomic E-state index is 0.0180. The minimum Gasteiger partial charge on any atom is -0.374 e. The molecule has 0 radical (unpaired) electrons. The van der Waals surface area contributed by atoms with Crippen molar-refractivity contribution in [2.45, 2.75) is 57.1 Å². The Labute approximate surface area is 206 Å². The molecule has 1 aromatic carbocycles. The number of ether oxygens (including phenoxy) is 1. The largest absolute Gasteiger partial charge is 0.413 e. The third-order valence-electron chi connectivity index (χ3n) is 7.26. The van der Waals surface area contributed by atoms with Crippen molar-refractivity contribution in [1.29, 1.82) is 0 Å². The maximum absolute atomic E-state index is 14.3. The Morgan fingerprint density at radius 3 is 2.64 bits per heavy atom. The molecule has 4 heterocycles. The molecule has 5 rings (SSSR count). The molecule has 1 aromatic heterocycles. The average molecular weight is 507 g/mol. The molecule has 9 nitrogen and oxygen atoms in total. The number of carbonyl (C=O) groups excluding carboxylic acids is 1. The topological polar surface area (TPSA) is 91.7 Å². The molecule has 2 amide bonds. The van der Waals surface area contributed by atoms with Gasteiger partial charge in [0.05, 0.1) is 25.3 Å². The molecule has 0 spiro atoms. The summed E-state index contributed by atoms with van der Waals surface area (Å²) in [6.07, 6.45) is -3.38. The average Bonchev–Trinajstić information content (AvgIpc) is 3.52. The first kappa shape index (κ1) is 24.4. The van der Waals surface area contributed by atoms with Crippen molar-refractivity contribution in [3.63, 3.8) is 0 Å². The number of hydrogen-bond donors (Lipinski definition) is 2. The summed E-state index contributed by atoms with van der Waals surface area (Å²) in [5.41, 5.74) is -1.38. The fourth-order valence-electron chi connectivity index (χ4n) is 5.20. The highest BCUT2D eigenvalue weighted by Gasteiger charge is 2.59. The monoisotopic (exact) mass is 506 g/mol. The molecule has 0 saturated carbocycles. The zero-order valence-corrected chi connectivity index (χ0v) is 20.1. The Morgan fingerprint density at radius 1 is 1.28 bits per heavy atom. The first-order chi connectivity index (χ1) is 17.1. The highest BCUT2D eigenvalue weighted by Crippen LogP contribution is 2.43. The molecule has 36 heavy (non-hydrogen) atoms. The van der Waals surface area contributed by atoms with E-state index in [1.165, 1.54) is 11.0 Å². The summed E-state index contributed by atoms with van der Waals surface area (Å²) in [6.45, 7) is 4.03. The summed E-state index contributed by atoms with van der Waals surface area (Å²) in [5, 5.41) is 5.33. The van der Waals surface area contributed by atoms with E-state index in [4.69, 9.17) is 4.74 Å². The highest BCUT2D eigenvalue weighted by atomic mass is 19.4. The van der Waals surface area contributed by atoms with Gasteiger partial charge in [0.2, 0.25) is 5.95 Å². The molecule has 2 aromatic rings. The van der Waals surface area contributed by atoms with Crippen LogP contribution in [0.1, 0.15) is 25.8 Å². The fourth-order valence-corrected chi connectivity index (χ4v) is 5.20. The zero-order chi connectivity index (χ0) is 25.7. The Balaban J connectivity index is 1.39. The quantitative estimate of drug-likeness (QED) is 0.626. The van der Waals surface area contributed by atoms with E-state index in [1.807, 2.05) is 11.8 Å². The van der Waals surface area contributed by atoms with E-state index in [9.17, 15) is 22.8 Å². The molecule has 1 unspecified atom stereocenters. The lowest BCUT2D eigenvalue weighted by Gasteiger charge is -2.37. The van der Waals surface area contributed by atoms with Gasteiger partial charge in [-0.2, -0.15) is 18.2 Å². The molecule has 2 bridgehead atoms. The first-order valence-electron chi connectivity index (χ1n) is 12.1. The number of alkyl halides is 3. The zero-order valence-electron chi connectivity index (χ0n) is 20.1. The summed E-state index contributed by atoms with van der Waals surface area (Å²) in [7, 11) is 0. The lowest BCUT2D eigenvalue weighted by atomic mass is 10.00. The number of halogens is 3. The van der Waals surface area contributed by atoms with E-state index >= 15 is 0 Å². The van der Waals surface area contributed by atoms with Crippen molar-refractivity contribution in [3.8, 4) is 0 Å². The van der Waals surface area contributed by atoms with Crippen molar-refractivity contribution in [2.75, 3.05) is 41.4 Å². The smallest absolute Gasteiger partial charge is 0.374 e. The van der Waals surface area contributed by atoms with Crippen LogP contribution in [0.25, 0.3) is 0 Å². The third kappa shape index (κ3) is 4.27. The van der Waals surface area contributed by atoms with Gasteiger partial charge >= 0.3 is 12.2 Å². The van der Waals surface area contributed by atoms with E-state index in [0.717, 1.165) is 23.5 Å². The number of morpholine rings is 1. The first-order valence-corrected chi connectivity index (χ1v) is 12.1. The molecule has 194 valence electrons. The number of anilines is 3. The summed E-state index contributed by atoms with van der Waals surface area (Å²) in [5.74, 6) is 0.440. The number of amides is 2. The molecule has 2 saturated heterocycles. The van der Waals surface area contributed by atoms with Crippen molar-refractivity contribution in [1.82, 2.24) is 14.9 Å². The van der Waals surface area contributed by atoms with Crippen molar-refractivity contribution in [2.24, 2.45) is 0 Å². The Morgan fingerprint density at radius 2 is 2.03 bits per heavy atom. The molecule has 0 aliphatic carbocycles. The number of nitrogens with one attached hydrogen (secondary N) is 2. The molecular formula is C24H29F3N6O3. The van der Waals surface area contributed by atoms with E-state index in [-0.39, 0.29) is 30.7 Å². The molecule has 2 fully saturated rings. The maximum Gasteiger partial charge on any atom is 0.413 e. The summed E-state index contributed by atoms with van der Waals surface area (Å²) in [6, 6.07) is 8.03. The van der Waals surface area contributed by atoms with Crippen LogP contribution >= 0.6 is 0 Å². The lowest BCUT2D eigenvalue weighted by Crippen LogP contribution is -2.56. The summed E-state index contributed by atoms with van der Waals surface area (Å²) >= 11 is 0. The van der Waals surface area contributed by atoms with Crippen molar-refractivity contribution in [3.05, 3.63) is 46.2 Å². The predicted molar refractivity (Wildman–Crippen MR) is 129 cm³/mol. The van der Waals surface area contributed by atoms with Crippen LogP contribution in [0.4, 0.5) is 35.4 Å². The molecule has 3 atom stereocenters. The van der Waals surface area contributed by atoms with Crippen LogP contribution in [0.2, 0.25) is 0 Å². The van der Waals surface area contributed by atoms with E-state index in [1.54, 1.807) is 24.3 Å². The van der Waals surface area contributed by atoms with E-state index in [2.05, 4.69) is 15.6 Å². The van der Waals surface area contributed by atoms with Crippen molar-refractivity contribution < 1.29 is 22.7 Å². The Hall–Kier alpha value is -3.28. The number of rotatable bonds is 6. The predicted octanol–water partition coefficient (Wildman–Crippen LogP) is 2.75. The summed E-state index contributed by atoms with van der Waals surface area (Å²) < 4.78 is 49.7. The summed E-state index contributed by atoms with van der Waals surface area (Å²) in [4.78, 5) is 32.4. The molecule has 2 N–H and O–H groups in total. The van der Waals surface area contributed by atoms with Gasteiger partial charge < -0.3 is 25.2 Å². The van der Waals surface area contributed by atoms with Gasteiger partial charge in [0.1, 0.15) is 5.82 Å². The second-order valence-electron chi connectivity index (χ2n) is 9.69.